The van der Waals surface area contributed by atoms with E-state index in [2.05, 4.69) is 25.9 Å². The third kappa shape index (κ3) is 5.61. The van der Waals surface area contributed by atoms with Gasteiger partial charge in [-0.15, -0.1) is 0 Å². The predicted octanol–water partition coefficient (Wildman–Crippen LogP) is 4.41. The van der Waals surface area contributed by atoms with E-state index in [0.717, 1.165) is 6.07 Å². The van der Waals surface area contributed by atoms with Crippen LogP contribution >= 0.6 is 0 Å². The molecule has 0 aliphatic heterocycles. The Morgan fingerprint density at radius 3 is 2.31 bits per heavy atom. The number of hydrogen-bond donors (Lipinski definition) is 3. The number of rotatable bonds is 6. The van der Waals surface area contributed by atoms with E-state index in [-0.39, 0.29) is 23.7 Å². The molecule has 1 aromatic heterocycles. The van der Waals surface area contributed by atoms with Crippen molar-refractivity contribution in [2.45, 2.75) is 39.4 Å². The lowest BCUT2D eigenvalue weighted by Gasteiger charge is -2.15. The van der Waals surface area contributed by atoms with Crippen LogP contribution in [0, 0.1) is 0 Å². The molecule has 1 heterocycles. The molecule has 1 aromatic carbocycles. The van der Waals surface area contributed by atoms with Gasteiger partial charge in [0.05, 0.1) is 0 Å². The largest absolute Gasteiger partial charge is 0.433 e. The minimum Gasteiger partial charge on any atom is -0.352 e. The molecule has 26 heavy (non-hydrogen) atoms. The van der Waals surface area contributed by atoms with Crippen molar-refractivity contribution in [1.29, 1.82) is 0 Å². The van der Waals surface area contributed by atoms with Crippen LogP contribution in [0.4, 0.5) is 36.3 Å². The van der Waals surface area contributed by atoms with Crippen LogP contribution in [0.1, 0.15) is 32.9 Å². The van der Waals surface area contributed by atoms with Gasteiger partial charge in [-0.1, -0.05) is 6.92 Å². The Bertz CT molecular complexity index is 762. The summed E-state index contributed by atoms with van der Waals surface area (Å²) in [7, 11) is 0. The lowest BCUT2D eigenvalue weighted by molar-refractivity contribution is -0.141. The van der Waals surface area contributed by atoms with Gasteiger partial charge >= 0.3 is 6.18 Å². The Morgan fingerprint density at radius 2 is 1.77 bits per heavy atom. The SMILES string of the molecule is CC[C@H](C)Nc1nc(Nc2ccc(NC(C)=O)cc2)cc(C(F)(F)F)n1. The third-order valence-corrected chi connectivity index (χ3v) is 3.48. The van der Waals surface area contributed by atoms with Gasteiger partial charge < -0.3 is 16.0 Å². The molecule has 1 atom stereocenters. The number of hydrogen-bond acceptors (Lipinski definition) is 5. The molecule has 6 nitrogen and oxygen atoms in total. The van der Waals surface area contributed by atoms with Crippen LogP contribution in [0.25, 0.3) is 0 Å². The molecule has 140 valence electrons. The first kappa shape index (κ1) is 19.5. The van der Waals surface area contributed by atoms with Gasteiger partial charge in [0.1, 0.15) is 5.82 Å². The highest BCUT2D eigenvalue weighted by atomic mass is 19.4. The van der Waals surface area contributed by atoms with Crippen molar-refractivity contribution >= 4 is 29.0 Å². The van der Waals surface area contributed by atoms with E-state index in [0.29, 0.717) is 17.8 Å². The monoisotopic (exact) mass is 367 g/mol. The predicted molar refractivity (Wildman–Crippen MR) is 94.4 cm³/mol. The lowest BCUT2D eigenvalue weighted by atomic mass is 10.2. The van der Waals surface area contributed by atoms with Crippen molar-refractivity contribution < 1.29 is 18.0 Å². The van der Waals surface area contributed by atoms with Crippen LogP contribution < -0.4 is 16.0 Å². The zero-order valence-corrected chi connectivity index (χ0v) is 14.6. The fourth-order valence-electron chi connectivity index (χ4n) is 2.03. The zero-order chi connectivity index (χ0) is 19.3. The van der Waals surface area contributed by atoms with E-state index in [9.17, 15) is 18.0 Å². The molecule has 0 saturated carbocycles. The van der Waals surface area contributed by atoms with Crippen LogP contribution in [0.3, 0.4) is 0 Å². The van der Waals surface area contributed by atoms with Crippen molar-refractivity contribution in [1.82, 2.24) is 9.97 Å². The van der Waals surface area contributed by atoms with Gasteiger partial charge in [-0.25, -0.2) is 4.98 Å². The van der Waals surface area contributed by atoms with Crippen molar-refractivity contribution in [3.05, 3.63) is 36.0 Å². The quantitative estimate of drug-likeness (QED) is 0.705. The normalized spacial score (nSPS) is 12.4. The number of halogens is 3. The second-order valence-corrected chi connectivity index (χ2v) is 5.80. The van der Waals surface area contributed by atoms with Gasteiger partial charge in [0.15, 0.2) is 5.69 Å². The van der Waals surface area contributed by atoms with Crippen molar-refractivity contribution in [2.24, 2.45) is 0 Å². The fraction of sp³-hybridized carbons (Fsp3) is 0.353. The van der Waals surface area contributed by atoms with Crippen molar-refractivity contribution in [2.75, 3.05) is 16.0 Å². The van der Waals surface area contributed by atoms with Gasteiger partial charge in [-0.2, -0.15) is 18.2 Å². The molecule has 0 aliphatic rings. The number of carbonyl (C=O) groups excluding carboxylic acids is 1. The van der Waals surface area contributed by atoms with E-state index < -0.39 is 11.9 Å². The molecule has 0 bridgehead atoms. The van der Waals surface area contributed by atoms with Gasteiger partial charge in [-0.05, 0) is 37.6 Å². The Morgan fingerprint density at radius 1 is 1.15 bits per heavy atom. The number of nitrogens with one attached hydrogen (secondary N) is 3. The summed E-state index contributed by atoms with van der Waals surface area (Å²) < 4.78 is 39.3. The van der Waals surface area contributed by atoms with Crippen molar-refractivity contribution in [3.63, 3.8) is 0 Å². The Kier molecular flexibility index (Phi) is 6.01. The Labute approximate surface area is 149 Å². The van der Waals surface area contributed by atoms with Crippen LogP contribution in [-0.4, -0.2) is 21.9 Å². The van der Waals surface area contributed by atoms with E-state index >= 15 is 0 Å². The Balaban J connectivity index is 2.26. The topological polar surface area (TPSA) is 78.9 Å². The fourth-order valence-corrected chi connectivity index (χ4v) is 2.03. The summed E-state index contributed by atoms with van der Waals surface area (Å²) in [6.07, 6.45) is -3.87. The first-order chi connectivity index (χ1) is 12.2. The van der Waals surface area contributed by atoms with Crippen LogP contribution in [0.5, 0.6) is 0 Å². The molecule has 1 amide bonds. The molecule has 2 rings (SSSR count). The summed E-state index contributed by atoms with van der Waals surface area (Å²) in [4.78, 5) is 18.7. The second-order valence-electron chi connectivity index (χ2n) is 5.80. The van der Waals surface area contributed by atoms with Gasteiger partial charge in [0.2, 0.25) is 11.9 Å². The number of aromatic nitrogens is 2. The average molecular weight is 367 g/mol. The molecule has 3 N–H and O–H groups in total. The summed E-state index contributed by atoms with van der Waals surface area (Å²) >= 11 is 0. The molecule has 9 heteroatoms. The summed E-state index contributed by atoms with van der Waals surface area (Å²) in [6, 6.07) is 7.30. The molecule has 0 spiro atoms. The molecule has 0 radical (unpaired) electrons. The van der Waals surface area contributed by atoms with Gasteiger partial charge in [0, 0.05) is 30.4 Å². The maximum atomic E-state index is 13.1. The molecule has 0 aliphatic carbocycles. The van der Waals surface area contributed by atoms with E-state index in [4.69, 9.17) is 0 Å². The number of benzene rings is 1. The Hall–Kier alpha value is -2.84. The summed E-state index contributed by atoms with van der Waals surface area (Å²) in [5, 5.41) is 8.29. The summed E-state index contributed by atoms with van der Waals surface area (Å²) in [5.74, 6) is -0.283. The number of anilines is 4. The lowest BCUT2D eigenvalue weighted by Crippen LogP contribution is -2.18. The molecule has 0 saturated heterocycles. The number of alkyl halides is 3. The van der Waals surface area contributed by atoms with E-state index in [1.165, 1.54) is 6.92 Å². The molecule has 0 fully saturated rings. The smallest absolute Gasteiger partial charge is 0.352 e. The molecule has 2 aromatic rings. The van der Waals surface area contributed by atoms with E-state index in [1.807, 2.05) is 13.8 Å². The standard InChI is InChI=1S/C17H20F3N5O/c1-4-10(2)21-16-24-14(17(18,19)20)9-15(25-16)23-13-7-5-12(6-8-13)22-11(3)26/h5-10H,4H2,1-3H3,(H,22,26)(H2,21,23,24,25)/t10-/m0/s1. The molecule has 0 unspecified atom stereocenters. The highest BCUT2D eigenvalue weighted by Gasteiger charge is 2.33. The maximum Gasteiger partial charge on any atom is 0.433 e. The van der Waals surface area contributed by atoms with Crippen molar-refractivity contribution in [3.8, 4) is 0 Å². The van der Waals surface area contributed by atoms with Crippen LogP contribution in [-0.2, 0) is 11.0 Å². The van der Waals surface area contributed by atoms with Crippen LogP contribution in [0.2, 0.25) is 0 Å². The highest BCUT2D eigenvalue weighted by molar-refractivity contribution is 5.88. The summed E-state index contributed by atoms with van der Waals surface area (Å²) in [6.45, 7) is 5.12. The second kappa shape index (κ2) is 8.03. The first-order valence-corrected chi connectivity index (χ1v) is 8.05. The van der Waals surface area contributed by atoms with E-state index in [1.54, 1.807) is 24.3 Å². The average Bonchev–Trinajstić information content (AvgIpc) is 2.55. The van der Waals surface area contributed by atoms with Crippen LogP contribution in [0.15, 0.2) is 30.3 Å². The zero-order valence-electron chi connectivity index (χ0n) is 14.6. The molecular formula is C17H20F3N5O. The highest BCUT2D eigenvalue weighted by Crippen LogP contribution is 2.30. The molecular weight excluding hydrogens is 347 g/mol. The number of carbonyl (C=O) groups is 1. The third-order valence-electron chi connectivity index (χ3n) is 3.48. The minimum absolute atomic E-state index is 0.0189. The summed E-state index contributed by atoms with van der Waals surface area (Å²) in [5.41, 5.74) is 0.0805. The maximum absolute atomic E-state index is 13.1. The van der Waals surface area contributed by atoms with Gasteiger partial charge in [-0.3, -0.25) is 4.79 Å². The number of nitrogens with zero attached hydrogens (tertiary/aromatic N) is 2. The first-order valence-electron chi connectivity index (χ1n) is 8.05. The van der Waals surface area contributed by atoms with Gasteiger partial charge in [0.25, 0.3) is 0 Å². The number of amides is 1. The minimum atomic E-state index is -4.58.